The molecule has 6 nitrogen and oxygen atoms in total. The molecule has 0 fully saturated rings. The first-order chi connectivity index (χ1) is 10.6. The molecule has 0 heterocycles. The van der Waals surface area contributed by atoms with E-state index in [1.54, 1.807) is 7.11 Å². The molecule has 3 N–H and O–H groups in total. The normalized spacial score (nSPS) is 12.9. The molecule has 23 heavy (non-hydrogen) atoms. The van der Waals surface area contributed by atoms with Crippen LogP contribution in [0.25, 0.3) is 0 Å². The van der Waals surface area contributed by atoms with Gasteiger partial charge in [-0.1, -0.05) is 13.8 Å². The van der Waals surface area contributed by atoms with Crippen molar-refractivity contribution in [3.8, 4) is 0 Å². The van der Waals surface area contributed by atoms with Gasteiger partial charge in [-0.25, -0.2) is 0 Å². The van der Waals surface area contributed by atoms with Crippen molar-refractivity contribution in [1.82, 2.24) is 10.6 Å². The van der Waals surface area contributed by atoms with E-state index in [4.69, 9.17) is 14.6 Å². The average molecular weight is 445 g/mol. The van der Waals surface area contributed by atoms with E-state index in [0.29, 0.717) is 38.2 Å². The zero-order chi connectivity index (χ0) is 16.6. The van der Waals surface area contributed by atoms with Crippen LogP contribution >= 0.6 is 24.0 Å². The quantitative estimate of drug-likeness (QED) is 0.175. The molecule has 0 aromatic heterocycles. The summed E-state index contributed by atoms with van der Waals surface area (Å²) < 4.78 is 10.3. The molecule has 7 heteroatoms. The van der Waals surface area contributed by atoms with Gasteiger partial charge in [0.25, 0.3) is 0 Å². The highest BCUT2D eigenvalue weighted by Gasteiger charge is 2.10. The standard InChI is InChI=1S/C16H35N3O3.HI/c1-5-17-16(18-7-9-22-11-10-21-4)19-13-15(6-8-20)12-14(2)3;/h14-15,20H,5-13H2,1-4H3,(H2,17,18,19);1H. The lowest BCUT2D eigenvalue weighted by molar-refractivity contribution is 0.0733. The van der Waals surface area contributed by atoms with E-state index in [-0.39, 0.29) is 30.6 Å². The Kier molecular flexibility index (Phi) is 19.9. The Balaban J connectivity index is 0. The monoisotopic (exact) mass is 445 g/mol. The molecule has 0 aliphatic heterocycles. The number of halogens is 1. The van der Waals surface area contributed by atoms with Gasteiger partial charge in [0.1, 0.15) is 0 Å². The van der Waals surface area contributed by atoms with Gasteiger partial charge in [0.15, 0.2) is 5.96 Å². The van der Waals surface area contributed by atoms with Crippen LogP contribution in [0.2, 0.25) is 0 Å². The molecular formula is C16H36IN3O3. The van der Waals surface area contributed by atoms with Crippen molar-refractivity contribution in [3.05, 3.63) is 0 Å². The Morgan fingerprint density at radius 3 is 2.48 bits per heavy atom. The minimum absolute atomic E-state index is 0. The van der Waals surface area contributed by atoms with E-state index < -0.39 is 0 Å². The van der Waals surface area contributed by atoms with Crippen LogP contribution in [0, 0.1) is 11.8 Å². The van der Waals surface area contributed by atoms with Crippen LogP contribution in [0.1, 0.15) is 33.6 Å². The van der Waals surface area contributed by atoms with Crippen molar-refractivity contribution in [2.24, 2.45) is 16.8 Å². The van der Waals surface area contributed by atoms with E-state index in [9.17, 15) is 0 Å². The van der Waals surface area contributed by atoms with Gasteiger partial charge in [-0.05, 0) is 31.6 Å². The van der Waals surface area contributed by atoms with Crippen LogP contribution in [-0.2, 0) is 9.47 Å². The summed E-state index contributed by atoms with van der Waals surface area (Å²) in [5, 5.41) is 15.6. The number of guanidine groups is 1. The predicted molar refractivity (Wildman–Crippen MR) is 107 cm³/mol. The summed E-state index contributed by atoms with van der Waals surface area (Å²) in [4.78, 5) is 4.62. The summed E-state index contributed by atoms with van der Waals surface area (Å²) in [5.74, 6) is 1.86. The third-order valence-corrected chi connectivity index (χ3v) is 3.16. The lowest BCUT2D eigenvalue weighted by Crippen LogP contribution is -2.39. The van der Waals surface area contributed by atoms with Crippen LogP contribution in [0.3, 0.4) is 0 Å². The fourth-order valence-electron chi connectivity index (χ4n) is 2.18. The van der Waals surface area contributed by atoms with Gasteiger partial charge in [-0.2, -0.15) is 0 Å². The predicted octanol–water partition coefficient (Wildman–Crippen LogP) is 1.87. The van der Waals surface area contributed by atoms with Crippen molar-refractivity contribution in [2.75, 3.05) is 53.2 Å². The minimum Gasteiger partial charge on any atom is -0.396 e. The van der Waals surface area contributed by atoms with E-state index in [0.717, 1.165) is 31.9 Å². The van der Waals surface area contributed by atoms with Crippen molar-refractivity contribution < 1.29 is 14.6 Å². The third-order valence-electron chi connectivity index (χ3n) is 3.16. The molecule has 0 aromatic rings. The Labute approximate surface area is 158 Å². The van der Waals surface area contributed by atoms with Crippen molar-refractivity contribution in [3.63, 3.8) is 0 Å². The molecule has 0 aliphatic carbocycles. The first-order valence-corrected chi connectivity index (χ1v) is 8.33. The largest absolute Gasteiger partial charge is 0.396 e. The summed E-state index contributed by atoms with van der Waals surface area (Å²) in [5.41, 5.74) is 0. The van der Waals surface area contributed by atoms with E-state index >= 15 is 0 Å². The fourth-order valence-corrected chi connectivity index (χ4v) is 2.18. The summed E-state index contributed by atoms with van der Waals surface area (Å²) >= 11 is 0. The molecule has 0 aliphatic rings. The topological polar surface area (TPSA) is 75.1 Å². The first kappa shape index (κ1) is 25.1. The number of nitrogens with zero attached hydrogens (tertiary/aromatic N) is 1. The number of methoxy groups -OCH3 is 1. The Morgan fingerprint density at radius 2 is 1.91 bits per heavy atom. The maximum absolute atomic E-state index is 9.16. The zero-order valence-electron chi connectivity index (χ0n) is 15.1. The van der Waals surface area contributed by atoms with Gasteiger partial charge in [-0.15, -0.1) is 24.0 Å². The molecule has 140 valence electrons. The molecule has 0 amide bonds. The fraction of sp³-hybridized carbons (Fsp3) is 0.938. The highest BCUT2D eigenvalue weighted by Crippen LogP contribution is 2.15. The van der Waals surface area contributed by atoms with E-state index in [2.05, 4.69) is 29.5 Å². The summed E-state index contributed by atoms with van der Waals surface area (Å²) in [6.07, 6.45) is 1.89. The second-order valence-corrected chi connectivity index (χ2v) is 5.76. The van der Waals surface area contributed by atoms with Gasteiger partial charge >= 0.3 is 0 Å². The Bertz CT molecular complexity index is 279. The van der Waals surface area contributed by atoms with Gasteiger partial charge in [0.2, 0.25) is 0 Å². The molecule has 0 aromatic carbocycles. The van der Waals surface area contributed by atoms with Crippen LogP contribution < -0.4 is 10.6 Å². The van der Waals surface area contributed by atoms with Gasteiger partial charge in [0, 0.05) is 33.4 Å². The number of aliphatic hydroxyl groups excluding tert-OH is 1. The van der Waals surface area contributed by atoms with Crippen LogP contribution in [0.4, 0.5) is 0 Å². The second-order valence-electron chi connectivity index (χ2n) is 5.76. The number of ether oxygens (including phenoxy) is 2. The summed E-state index contributed by atoms with van der Waals surface area (Å²) in [6.45, 7) is 10.8. The molecule has 0 saturated heterocycles. The third kappa shape index (κ3) is 16.5. The maximum atomic E-state index is 9.16. The molecule has 0 spiro atoms. The molecule has 0 bridgehead atoms. The van der Waals surface area contributed by atoms with Crippen molar-refractivity contribution in [2.45, 2.75) is 33.6 Å². The van der Waals surface area contributed by atoms with Crippen LogP contribution in [0.15, 0.2) is 4.99 Å². The highest BCUT2D eigenvalue weighted by atomic mass is 127. The summed E-state index contributed by atoms with van der Waals surface area (Å²) in [7, 11) is 1.66. The first-order valence-electron chi connectivity index (χ1n) is 8.33. The summed E-state index contributed by atoms with van der Waals surface area (Å²) in [6, 6.07) is 0. The highest BCUT2D eigenvalue weighted by molar-refractivity contribution is 14.0. The van der Waals surface area contributed by atoms with Crippen molar-refractivity contribution in [1.29, 1.82) is 0 Å². The Hall–Kier alpha value is -0.120. The second kappa shape index (κ2) is 18.2. The molecule has 0 saturated carbocycles. The number of nitrogens with one attached hydrogen (secondary N) is 2. The van der Waals surface area contributed by atoms with Gasteiger partial charge < -0.3 is 25.2 Å². The molecule has 1 unspecified atom stereocenters. The lowest BCUT2D eigenvalue weighted by atomic mass is 9.94. The number of hydrogen-bond acceptors (Lipinski definition) is 4. The zero-order valence-corrected chi connectivity index (χ0v) is 17.5. The SMILES string of the molecule is CCNC(=NCC(CCO)CC(C)C)NCCOCCOC.I. The van der Waals surface area contributed by atoms with Crippen LogP contribution in [0.5, 0.6) is 0 Å². The lowest BCUT2D eigenvalue weighted by Gasteiger charge is -2.17. The number of rotatable bonds is 13. The molecule has 1 atom stereocenters. The number of hydrogen-bond donors (Lipinski definition) is 3. The number of aliphatic hydroxyl groups is 1. The molecule has 0 radical (unpaired) electrons. The van der Waals surface area contributed by atoms with E-state index in [1.807, 2.05) is 6.92 Å². The van der Waals surface area contributed by atoms with Gasteiger partial charge in [0.05, 0.1) is 19.8 Å². The Morgan fingerprint density at radius 1 is 1.17 bits per heavy atom. The van der Waals surface area contributed by atoms with E-state index in [1.165, 1.54) is 0 Å². The molecular weight excluding hydrogens is 409 g/mol. The number of aliphatic imine (C=N–C) groups is 1. The van der Waals surface area contributed by atoms with Crippen LogP contribution in [-0.4, -0.2) is 64.2 Å². The minimum atomic E-state index is 0. The maximum Gasteiger partial charge on any atom is 0.191 e. The van der Waals surface area contributed by atoms with Crippen molar-refractivity contribution >= 4 is 29.9 Å². The molecule has 0 rings (SSSR count). The van der Waals surface area contributed by atoms with Gasteiger partial charge in [-0.3, -0.25) is 4.99 Å². The average Bonchev–Trinajstić information content (AvgIpc) is 2.47. The smallest absolute Gasteiger partial charge is 0.191 e.